The number of hydrogen-bond acceptors (Lipinski definition) is 6. The van der Waals surface area contributed by atoms with Crippen molar-refractivity contribution in [2.24, 2.45) is 0 Å². The van der Waals surface area contributed by atoms with Gasteiger partial charge in [0.25, 0.3) is 5.91 Å². The molecule has 0 aromatic heterocycles. The zero-order valence-corrected chi connectivity index (χ0v) is 16.6. The van der Waals surface area contributed by atoms with Crippen LogP contribution in [0.4, 0.5) is 15.8 Å². The molecule has 0 atom stereocenters. The fraction of sp³-hybridized carbons (Fsp3) is 0.318. The van der Waals surface area contributed by atoms with Gasteiger partial charge in [-0.05, 0) is 42.8 Å². The zero-order valence-electron chi connectivity index (χ0n) is 16.6. The molecule has 7 nitrogen and oxygen atoms in total. The van der Waals surface area contributed by atoms with Crippen LogP contribution in [0.15, 0.2) is 36.4 Å². The highest BCUT2D eigenvalue weighted by Crippen LogP contribution is 2.27. The maximum Gasteiger partial charge on any atom is 0.340 e. The molecule has 3 rings (SSSR count). The molecule has 1 N–H and O–H groups in total. The van der Waals surface area contributed by atoms with E-state index >= 15 is 0 Å². The van der Waals surface area contributed by atoms with Crippen molar-refractivity contribution in [1.82, 2.24) is 0 Å². The number of ether oxygens (including phenoxy) is 2. The first kappa shape index (κ1) is 21.3. The fourth-order valence-electron chi connectivity index (χ4n) is 3.10. The monoisotopic (exact) mass is 411 g/mol. The Kier molecular flexibility index (Phi) is 6.99. The summed E-state index contributed by atoms with van der Waals surface area (Å²) in [7, 11) is 0. The Bertz CT molecular complexity index is 981. The van der Waals surface area contributed by atoms with E-state index in [-0.39, 0.29) is 17.7 Å². The van der Waals surface area contributed by atoms with Crippen molar-refractivity contribution in [3.05, 3.63) is 58.9 Å². The lowest BCUT2D eigenvalue weighted by atomic mass is 10.1. The summed E-state index contributed by atoms with van der Waals surface area (Å²) < 4.78 is 24.8. The van der Waals surface area contributed by atoms with E-state index in [0.717, 1.165) is 6.07 Å². The van der Waals surface area contributed by atoms with E-state index in [1.165, 1.54) is 18.2 Å². The number of carbonyl (C=O) groups is 2. The molecule has 30 heavy (non-hydrogen) atoms. The third-order valence-electron chi connectivity index (χ3n) is 4.61. The summed E-state index contributed by atoms with van der Waals surface area (Å²) in [5, 5.41) is 11.4. The molecule has 1 fully saturated rings. The van der Waals surface area contributed by atoms with Gasteiger partial charge in [0.15, 0.2) is 0 Å². The maximum absolute atomic E-state index is 14.1. The minimum Gasteiger partial charge on any atom is -0.462 e. The number of halogens is 1. The van der Waals surface area contributed by atoms with E-state index in [0.29, 0.717) is 49.7 Å². The minimum atomic E-state index is -0.793. The molecule has 156 valence electrons. The number of nitrogens with one attached hydrogen (secondary N) is 1. The molecule has 2 aromatic rings. The van der Waals surface area contributed by atoms with Gasteiger partial charge >= 0.3 is 5.97 Å². The van der Waals surface area contributed by atoms with E-state index in [4.69, 9.17) is 14.7 Å². The zero-order chi connectivity index (χ0) is 21.5. The van der Waals surface area contributed by atoms with Crippen LogP contribution in [0.1, 0.15) is 39.6 Å². The molecule has 0 spiro atoms. The van der Waals surface area contributed by atoms with Gasteiger partial charge in [0, 0.05) is 18.8 Å². The van der Waals surface area contributed by atoms with Crippen molar-refractivity contribution >= 4 is 23.3 Å². The molecule has 0 saturated carbocycles. The van der Waals surface area contributed by atoms with Crippen molar-refractivity contribution < 1.29 is 23.5 Å². The number of esters is 1. The molecular formula is C22H22FN3O4. The number of anilines is 2. The Balaban J connectivity index is 1.87. The first-order chi connectivity index (χ1) is 14.5. The van der Waals surface area contributed by atoms with Crippen LogP contribution in [-0.4, -0.2) is 44.8 Å². The number of morpholine rings is 1. The second-order valence-electron chi connectivity index (χ2n) is 6.73. The third kappa shape index (κ3) is 4.93. The Morgan fingerprint density at radius 1 is 1.20 bits per heavy atom. The van der Waals surface area contributed by atoms with E-state index in [1.54, 1.807) is 12.1 Å². The maximum atomic E-state index is 14.1. The molecule has 0 unspecified atom stereocenters. The largest absolute Gasteiger partial charge is 0.462 e. The summed E-state index contributed by atoms with van der Waals surface area (Å²) in [6, 6.07) is 10.4. The molecule has 8 heteroatoms. The number of hydrogen-bond donors (Lipinski definition) is 1. The number of nitrogens with zero attached hydrogens (tertiary/aromatic N) is 2. The van der Waals surface area contributed by atoms with Gasteiger partial charge in [-0.25, -0.2) is 9.18 Å². The number of carbonyl (C=O) groups excluding carboxylic acids is 2. The summed E-state index contributed by atoms with van der Waals surface area (Å²) in [5.41, 5.74) is 1.29. The lowest BCUT2D eigenvalue weighted by Crippen LogP contribution is -2.37. The number of rotatable bonds is 6. The van der Waals surface area contributed by atoms with Gasteiger partial charge in [0.1, 0.15) is 5.82 Å². The average molecular weight is 411 g/mol. The molecule has 0 aliphatic carbocycles. The molecular weight excluding hydrogens is 389 g/mol. The summed E-state index contributed by atoms with van der Waals surface area (Å²) in [5.74, 6) is -1.96. The normalized spacial score (nSPS) is 13.4. The number of nitriles is 1. The molecule has 1 saturated heterocycles. The Morgan fingerprint density at radius 3 is 2.63 bits per heavy atom. The van der Waals surface area contributed by atoms with Crippen LogP contribution in [0.2, 0.25) is 0 Å². The van der Waals surface area contributed by atoms with Gasteiger partial charge < -0.3 is 19.7 Å². The highest BCUT2D eigenvalue weighted by Gasteiger charge is 2.21. The third-order valence-corrected chi connectivity index (χ3v) is 4.61. The van der Waals surface area contributed by atoms with E-state index in [2.05, 4.69) is 5.32 Å². The van der Waals surface area contributed by atoms with E-state index in [1.807, 2.05) is 17.9 Å². The van der Waals surface area contributed by atoms with Crippen molar-refractivity contribution in [2.75, 3.05) is 43.1 Å². The molecule has 1 heterocycles. The first-order valence-electron chi connectivity index (χ1n) is 9.68. The number of amides is 1. The van der Waals surface area contributed by atoms with E-state index < -0.39 is 17.7 Å². The molecule has 1 aliphatic rings. The lowest BCUT2D eigenvalue weighted by molar-refractivity contribution is 0.0504. The summed E-state index contributed by atoms with van der Waals surface area (Å²) in [6.45, 7) is 4.57. The van der Waals surface area contributed by atoms with Crippen molar-refractivity contribution in [3.8, 4) is 6.07 Å². The predicted octanol–water partition coefficient (Wildman–Crippen LogP) is 3.35. The second-order valence-corrected chi connectivity index (χ2v) is 6.73. The highest BCUT2D eigenvalue weighted by molar-refractivity contribution is 6.06. The summed E-state index contributed by atoms with van der Waals surface area (Å²) >= 11 is 0. The topological polar surface area (TPSA) is 91.7 Å². The van der Waals surface area contributed by atoms with Gasteiger partial charge in [-0.3, -0.25) is 4.79 Å². The molecule has 0 radical (unpaired) electrons. The van der Waals surface area contributed by atoms with Crippen molar-refractivity contribution in [2.45, 2.75) is 13.3 Å². The van der Waals surface area contributed by atoms with Crippen LogP contribution in [-0.2, 0) is 9.47 Å². The molecule has 1 amide bonds. The molecule has 0 bridgehead atoms. The van der Waals surface area contributed by atoms with Crippen molar-refractivity contribution in [3.63, 3.8) is 0 Å². The highest BCUT2D eigenvalue weighted by atomic mass is 19.1. The Morgan fingerprint density at radius 2 is 1.97 bits per heavy atom. The minimum absolute atomic E-state index is 0.125. The lowest BCUT2D eigenvalue weighted by Gasteiger charge is -2.30. The van der Waals surface area contributed by atoms with E-state index in [9.17, 15) is 14.0 Å². The van der Waals surface area contributed by atoms with Crippen LogP contribution >= 0.6 is 0 Å². The standard InChI is InChI=1S/C22H22FN3O4/c1-2-9-30-22(28)18-13-16(4-6-20(18)26-7-10-29-11-8-26)25-21(27)17-5-3-15(14-24)12-19(17)23/h3-6,12-13H,2,7-11H2,1H3,(H,25,27). The van der Waals surface area contributed by atoms with Crippen LogP contribution in [0.25, 0.3) is 0 Å². The van der Waals surface area contributed by atoms with Gasteiger partial charge in [-0.15, -0.1) is 0 Å². The SMILES string of the molecule is CCCOC(=O)c1cc(NC(=O)c2ccc(C#N)cc2F)ccc1N1CCOCC1. The van der Waals surface area contributed by atoms with Gasteiger partial charge in [-0.2, -0.15) is 5.26 Å². The number of benzene rings is 2. The van der Waals surface area contributed by atoms with Gasteiger partial charge in [0.05, 0.1) is 48.3 Å². The predicted molar refractivity (Wildman–Crippen MR) is 109 cm³/mol. The average Bonchev–Trinajstić information content (AvgIpc) is 2.77. The summed E-state index contributed by atoms with van der Waals surface area (Å²) in [6.07, 6.45) is 0.688. The van der Waals surface area contributed by atoms with Crippen LogP contribution < -0.4 is 10.2 Å². The smallest absolute Gasteiger partial charge is 0.340 e. The second kappa shape index (κ2) is 9.85. The van der Waals surface area contributed by atoms with Crippen LogP contribution in [0.3, 0.4) is 0 Å². The van der Waals surface area contributed by atoms with Gasteiger partial charge in [0.2, 0.25) is 0 Å². The Hall–Kier alpha value is -3.44. The molecule has 2 aromatic carbocycles. The Labute approximate surface area is 174 Å². The fourth-order valence-corrected chi connectivity index (χ4v) is 3.10. The first-order valence-corrected chi connectivity index (χ1v) is 9.68. The van der Waals surface area contributed by atoms with Crippen molar-refractivity contribution in [1.29, 1.82) is 5.26 Å². The van der Waals surface area contributed by atoms with Crippen LogP contribution in [0, 0.1) is 17.1 Å². The van der Waals surface area contributed by atoms with Gasteiger partial charge in [-0.1, -0.05) is 6.92 Å². The van der Waals surface area contributed by atoms with Crippen LogP contribution in [0.5, 0.6) is 0 Å². The quantitative estimate of drug-likeness (QED) is 0.733. The summed E-state index contributed by atoms with van der Waals surface area (Å²) in [4.78, 5) is 27.1. The molecule has 1 aliphatic heterocycles.